The fourth-order valence-electron chi connectivity index (χ4n) is 2.26. The molecule has 0 aromatic rings. The molecule has 0 aromatic carbocycles. The zero-order valence-corrected chi connectivity index (χ0v) is 12.2. The third-order valence-corrected chi connectivity index (χ3v) is 3.38. The second kappa shape index (κ2) is 5.72. The van der Waals surface area contributed by atoms with Crippen LogP contribution in [0.15, 0.2) is 0 Å². The summed E-state index contributed by atoms with van der Waals surface area (Å²) in [6, 6.07) is -0.00824. The van der Waals surface area contributed by atoms with E-state index in [1.807, 2.05) is 20.8 Å². The largest absolute Gasteiger partial charge is 0.443 e. The summed E-state index contributed by atoms with van der Waals surface area (Å²) in [4.78, 5) is 25.5. The number of rotatable bonds is 2. The smallest absolute Gasteiger partial charge is 0.417 e. The van der Waals surface area contributed by atoms with Crippen LogP contribution in [0.1, 0.15) is 60.3 Å². The topological polar surface area (TPSA) is 46.6 Å². The molecule has 0 spiro atoms. The number of amides is 2. The molecule has 1 aliphatic heterocycles. The van der Waals surface area contributed by atoms with Crippen LogP contribution in [0.25, 0.3) is 0 Å². The minimum atomic E-state index is -0.561. The molecule has 0 unspecified atom stereocenters. The van der Waals surface area contributed by atoms with Crippen molar-refractivity contribution in [1.29, 1.82) is 0 Å². The Morgan fingerprint density at radius 1 is 1.50 bits per heavy atom. The lowest BCUT2D eigenvalue weighted by Gasteiger charge is -2.38. The molecule has 1 heterocycles. The van der Waals surface area contributed by atoms with Crippen LogP contribution >= 0.6 is 0 Å². The molecule has 0 bridgehead atoms. The minimum absolute atomic E-state index is 0.00824. The maximum absolute atomic E-state index is 12.1. The van der Waals surface area contributed by atoms with Gasteiger partial charge in [0.15, 0.2) is 0 Å². The summed E-state index contributed by atoms with van der Waals surface area (Å²) >= 11 is 0. The van der Waals surface area contributed by atoms with Gasteiger partial charge in [-0.1, -0.05) is 20.3 Å². The van der Waals surface area contributed by atoms with Gasteiger partial charge in [0.25, 0.3) is 0 Å². The van der Waals surface area contributed by atoms with Gasteiger partial charge < -0.3 is 4.74 Å². The molecule has 0 N–H and O–H groups in total. The van der Waals surface area contributed by atoms with Gasteiger partial charge in [0, 0.05) is 12.5 Å². The van der Waals surface area contributed by atoms with Gasteiger partial charge in [0.05, 0.1) is 0 Å². The van der Waals surface area contributed by atoms with E-state index in [4.69, 9.17) is 4.74 Å². The fourth-order valence-corrected chi connectivity index (χ4v) is 2.26. The fraction of sp³-hybridized carbons (Fsp3) is 0.857. The Bertz CT molecular complexity index is 319. The highest BCUT2D eigenvalue weighted by molar-refractivity contribution is 5.93. The Morgan fingerprint density at radius 2 is 2.11 bits per heavy atom. The van der Waals surface area contributed by atoms with E-state index in [9.17, 15) is 9.59 Å². The number of carbonyl (C=O) groups is 2. The predicted octanol–water partition coefficient (Wildman–Crippen LogP) is 3.35. The van der Waals surface area contributed by atoms with Crippen molar-refractivity contribution in [2.45, 2.75) is 71.9 Å². The Balaban J connectivity index is 2.84. The first kappa shape index (κ1) is 15.0. The highest BCUT2D eigenvalue weighted by Crippen LogP contribution is 2.27. The van der Waals surface area contributed by atoms with Gasteiger partial charge in [-0.2, -0.15) is 0 Å². The van der Waals surface area contributed by atoms with Gasteiger partial charge in [0.2, 0.25) is 5.91 Å². The molecule has 1 saturated heterocycles. The molecule has 1 fully saturated rings. The van der Waals surface area contributed by atoms with Crippen molar-refractivity contribution in [3.63, 3.8) is 0 Å². The summed E-state index contributed by atoms with van der Waals surface area (Å²) in [6.45, 7) is 9.62. The van der Waals surface area contributed by atoms with E-state index < -0.39 is 11.7 Å². The zero-order chi connectivity index (χ0) is 13.9. The third kappa shape index (κ3) is 3.72. The Kier molecular flexibility index (Phi) is 4.77. The van der Waals surface area contributed by atoms with Gasteiger partial charge in [-0.25, -0.2) is 9.69 Å². The van der Waals surface area contributed by atoms with Crippen LogP contribution in [0.5, 0.6) is 0 Å². The molecule has 4 nitrogen and oxygen atoms in total. The number of hydrogen-bond acceptors (Lipinski definition) is 3. The number of imide groups is 1. The Morgan fingerprint density at radius 3 is 2.61 bits per heavy atom. The van der Waals surface area contributed by atoms with Gasteiger partial charge in [0.1, 0.15) is 5.60 Å². The lowest BCUT2D eigenvalue weighted by Crippen LogP contribution is -2.51. The number of piperidine rings is 1. The summed E-state index contributed by atoms with van der Waals surface area (Å²) in [7, 11) is 0. The highest BCUT2D eigenvalue weighted by atomic mass is 16.6. The third-order valence-electron chi connectivity index (χ3n) is 3.38. The lowest BCUT2D eigenvalue weighted by molar-refractivity contribution is -0.136. The molecule has 0 saturated carbocycles. The van der Waals surface area contributed by atoms with Crippen LogP contribution in [0, 0.1) is 5.92 Å². The van der Waals surface area contributed by atoms with Crippen molar-refractivity contribution in [2.24, 2.45) is 5.92 Å². The first-order valence-corrected chi connectivity index (χ1v) is 6.81. The Hall–Kier alpha value is -1.06. The second-order valence-electron chi connectivity index (χ2n) is 6.09. The van der Waals surface area contributed by atoms with Crippen molar-refractivity contribution in [1.82, 2.24) is 4.90 Å². The average molecular weight is 255 g/mol. The summed E-state index contributed by atoms with van der Waals surface area (Å²) in [5, 5.41) is 0. The van der Waals surface area contributed by atoms with Crippen LogP contribution in [0.2, 0.25) is 0 Å². The molecule has 1 aliphatic rings. The van der Waals surface area contributed by atoms with E-state index in [0.29, 0.717) is 12.3 Å². The number of ether oxygens (including phenoxy) is 1. The van der Waals surface area contributed by atoms with E-state index in [1.54, 1.807) is 0 Å². The van der Waals surface area contributed by atoms with E-state index in [-0.39, 0.29) is 11.9 Å². The molecule has 18 heavy (non-hydrogen) atoms. The quantitative estimate of drug-likeness (QED) is 0.760. The van der Waals surface area contributed by atoms with Crippen molar-refractivity contribution in [2.75, 3.05) is 0 Å². The van der Waals surface area contributed by atoms with Crippen LogP contribution < -0.4 is 0 Å². The van der Waals surface area contributed by atoms with Crippen LogP contribution in [0.4, 0.5) is 4.79 Å². The number of likely N-dealkylation sites (tertiary alicyclic amines) is 1. The first-order chi connectivity index (χ1) is 8.26. The predicted molar refractivity (Wildman–Crippen MR) is 70.2 cm³/mol. The van der Waals surface area contributed by atoms with E-state index >= 15 is 0 Å². The highest BCUT2D eigenvalue weighted by Gasteiger charge is 2.37. The SMILES string of the molecule is CC[C@H](C)[C@H]1CCCC(=O)N1C(=O)OC(C)(C)C. The molecular formula is C14H25NO3. The summed E-state index contributed by atoms with van der Waals surface area (Å²) in [6.07, 6.45) is 2.67. The second-order valence-corrected chi connectivity index (χ2v) is 6.09. The van der Waals surface area contributed by atoms with E-state index in [2.05, 4.69) is 13.8 Å². The molecule has 2 amide bonds. The molecule has 0 aromatic heterocycles. The monoisotopic (exact) mass is 255 g/mol. The molecule has 1 rings (SSSR count). The van der Waals surface area contributed by atoms with E-state index in [1.165, 1.54) is 4.90 Å². The maximum atomic E-state index is 12.1. The first-order valence-electron chi connectivity index (χ1n) is 6.81. The minimum Gasteiger partial charge on any atom is -0.443 e. The van der Waals surface area contributed by atoms with Crippen molar-refractivity contribution < 1.29 is 14.3 Å². The van der Waals surface area contributed by atoms with Crippen molar-refractivity contribution in [3.8, 4) is 0 Å². The molecule has 0 aliphatic carbocycles. The molecular weight excluding hydrogens is 230 g/mol. The maximum Gasteiger partial charge on any atom is 0.417 e. The van der Waals surface area contributed by atoms with Crippen LogP contribution in [0.3, 0.4) is 0 Å². The standard InChI is InChI=1S/C14H25NO3/c1-6-10(2)11-8-7-9-12(16)15(11)13(17)18-14(3,4)5/h10-11H,6-9H2,1-5H3/t10-,11+/m0/s1. The lowest BCUT2D eigenvalue weighted by atomic mass is 9.90. The Labute approximate surface area is 110 Å². The van der Waals surface area contributed by atoms with Gasteiger partial charge in [-0.15, -0.1) is 0 Å². The number of carbonyl (C=O) groups excluding carboxylic acids is 2. The van der Waals surface area contributed by atoms with Gasteiger partial charge >= 0.3 is 6.09 Å². The summed E-state index contributed by atoms with van der Waals surface area (Å²) in [5.74, 6) is 0.225. The van der Waals surface area contributed by atoms with Crippen molar-refractivity contribution in [3.05, 3.63) is 0 Å². The van der Waals surface area contributed by atoms with Gasteiger partial charge in [-0.3, -0.25) is 4.79 Å². The van der Waals surface area contributed by atoms with E-state index in [0.717, 1.165) is 19.3 Å². The average Bonchev–Trinajstić information content (AvgIpc) is 2.25. The molecule has 0 radical (unpaired) electrons. The zero-order valence-electron chi connectivity index (χ0n) is 12.2. The van der Waals surface area contributed by atoms with Crippen LogP contribution in [-0.2, 0) is 9.53 Å². The summed E-state index contributed by atoms with van der Waals surface area (Å²) < 4.78 is 5.34. The number of nitrogens with zero attached hydrogens (tertiary/aromatic N) is 1. The molecule has 2 atom stereocenters. The van der Waals surface area contributed by atoms with Gasteiger partial charge in [-0.05, 0) is 39.5 Å². The summed E-state index contributed by atoms with van der Waals surface area (Å²) in [5.41, 5.74) is -0.561. The molecule has 104 valence electrons. The van der Waals surface area contributed by atoms with Crippen LogP contribution in [-0.4, -0.2) is 28.5 Å². The number of hydrogen-bond donors (Lipinski definition) is 0. The molecule has 4 heteroatoms. The normalized spacial score (nSPS) is 22.8. The van der Waals surface area contributed by atoms with Crippen molar-refractivity contribution >= 4 is 12.0 Å².